The average Bonchev–Trinajstić information content (AvgIpc) is 2.80. The minimum Gasteiger partial charge on any atom is -0.495 e. The van der Waals surface area contributed by atoms with Gasteiger partial charge in [0.2, 0.25) is 15.9 Å². The van der Waals surface area contributed by atoms with E-state index < -0.39 is 10.0 Å². The van der Waals surface area contributed by atoms with Crippen molar-refractivity contribution in [1.82, 2.24) is 9.62 Å². The molecule has 2 aromatic carbocycles. The maximum Gasteiger partial charge on any atom is 0.247 e. The summed E-state index contributed by atoms with van der Waals surface area (Å²) in [6, 6.07) is 13.6. The highest BCUT2D eigenvalue weighted by molar-refractivity contribution is 7.89. The van der Waals surface area contributed by atoms with Crippen LogP contribution in [0.5, 0.6) is 5.75 Å². The van der Waals surface area contributed by atoms with Gasteiger partial charge in [-0.3, -0.25) is 4.79 Å². The van der Waals surface area contributed by atoms with Gasteiger partial charge in [0.05, 0.1) is 13.7 Å². The molecule has 0 aliphatic heterocycles. The molecule has 0 radical (unpaired) electrons. The predicted octanol–water partition coefficient (Wildman–Crippen LogP) is 4.55. The minimum atomic E-state index is -4.05. The lowest BCUT2D eigenvalue weighted by atomic mass is 9.97. The molecule has 0 saturated carbocycles. The maximum absolute atomic E-state index is 13.5. The van der Waals surface area contributed by atoms with Crippen LogP contribution in [0.1, 0.15) is 37.7 Å². The van der Waals surface area contributed by atoms with E-state index in [4.69, 9.17) is 16.3 Å². The number of nitrogens with zero attached hydrogens (tertiary/aromatic N) is 1. The molecule has 0 spiro atoms. The zero-order valence-corrected chi connectivity index (χ0v) is 19.8. The third-order valence-corrected chi connectivity index (χ3v) is 7.47. The van der Waals surface area contributed by atoms with Crippen LogP contribution < -0.4 is 10.1 Å². The van der Waals surface area contributed by atoms with Gasteiger partial charge in [-0.15, -0.1) is 0 Å². The van der Waals surface area contributed by atoms with Crippen molar-refractivity contribution in [2.45, 2.75) is 43.5 Å². The fraction of sp³-hybridized carbons (Fsp3) is 0.375. The standard InChI is InChI=1S/C24H29ClN2O4S/c1-31-22-13-12-21(25)16-23(22)32(29,30)27(17-20-10-6-3-7-11-20)18-24(28)26-15-14-19-8-4-2-5-9-19/h3,6-8,10-13,16H,2,4-5,9,14-15,17-18H2,1H3,(H,26,28). The Morgan fingerprint density at radius 3 is 2.62 bits per heavy atom. The van der Waals surface area contributed by atoms with Crippen molar-refractivity contribution in [3.63, 3.8) is 0 Å². The van der Waals surface area contributed by atoms with E-state index in [0.717, 1.165) is 29.1 Å². The molecule has 2 aromatic rings. The molecule has 32 heavy (non-hydrogen) atoms. The number of halogens is 1. The Kier molecular flexibility index (Phi) is 8.73. The number of methoxy groups -OCH3 is 1. The number of sulfonamides is 1. The van der Waals surface area contributed by atoms with Crippen molar-refractivity contribution in [2.75, 3.05) is 20.2 Å². The van der Waals surface area contributed by atoms with Crippen LogP contribution in [-0.2, 0) is 21.4 Å². The van der Waals surface area contributed by atoms with Gasteiger partial charge in [0.1, 0.15) is 10.6 Å². The number of allylic oxidation sites excluding steroid dienone is 1. The highest BCUT2D eigenvalue weighted by Gasteiger charge is 2.30. The highest BCUT2D eigenvalue weighted by atomic mass is 35.5. The first-order valence-corrected chi connectivity index (χ1v) is 12.5. The van der Waals surface area contributed by atoms with E-state index in [-0.39, 0.29) is 34.7 Å². The summed E-state index contributed by atoms with van der Waals surface area (Å²) in [5, 5.41) is 3.14. The Balaban J connectivity index is 1.78. The highest BCUT2D eigenvalue weighted by Crippen LogP contribution is 2.30. The van der Waals surface area contributed by atoms with Crippen molar-refractivity contribution in [1.29, 1.82) is 0 Å². The maximum atomic E-state index is 13.5. The van der Waals surface area contributed by atoms with E-state index in [1.165, 1.54) is 37.7 Å². The van der Waals surface area contributed by atoms with Gasteiger partial charge < -0.3 is 10.1 Å². The second kappa shape index (κ2) is 11.5. The van der Waals surface area contributed by atoms with Gasteiger partial charge in [-0.1, -0.05) is 53.6 Å². The van der Waals surface area contributed by atoms with Gasteiger partial charge in [0.25, 0.3) is 0 Å². The molecule has 172 valence electrons. The molecule has 1 aliphatic rings. The molecule has 1 aliphatic carbocycles. The van der Waals surface area contributed by atoms with Gasteiger partial charge in [-0.2, -0.15) is 4.31 Å². The first-order chi connectivity index (χ1) is 15.4. The summed E-state index contributed by atoms with van der Waals surface area (Å²) in [7, 11) is -2.65. The SMILES string of the molecule is COc1ccc(Cl)cc1S(=O)(=O)N(CC(=O)NCCC1=CCCCC1)Cc1ccccc1. The molecule has 3 rings (SSSR count). The van der Waals surface area contributed by atoms with E-state index in [0.29, 0.717) is 6.54 Å². The van der Waals surface area contributed by atoms with Crippen LogP contribution in [0.25, 0.3) is 0 Å². The quantitative estimate of drug-likeness (QED) is 0.510. The van der Waals surface area contributed by atoms with Gasteiger partial charge in [-0.05, 0) is 55.9 Å². The Labute approximate surface area is 195 Å². The molecule has 0 fully saturated rings. The number of ether oxygens (including phenoxy) is 1. The summed E-state index contributed by atoms with van der Waals surface area (Å²) >= 11 is 6.07. The number of amides is 1. The van der Waals surface area contributed by atoms with Crippen molar-refractivity contribution >= 4 is 27.5 Å². The second-order valence-corrected chi connectivity index (χ2v) is 10.1. The Morgan fingerprint density at radius 1 is 1.16 bits per heavy atom. The third kappa shape index (κ3) is 6.58. The number of nitrogens with one attached hydrogen (secondary N) is 1. The number of rotatable bonds is 10. The van der Waals surface area contributed by atoms with E-state index >= 15 is 0 Å². The van der Waals surface area contributed by atoms with Gasteiger partial charge in [0.15, 0.2) is 0 Å². The monoisotopic (exact) mass is 476 g/mol. The Bertz CT molecular complexity index is 1050. The largest absolute Gasteiger partial charge is 0.495 e. The van der Waals surface area contributed by atoms with Crippen LogP contribution in [-0.4, -0.2) is 38.8 Å². The second-order valence-electron chi connectivity index (χ2n) is 7.76. The van der Waals surface area contributed by atoms with Crippen molar-refractivity contribution in [3.8, 4) is 5.75 Å². The summed E-state index contributed by atoms with van der Waals surface area (Å²) in [4.78, 5) is 12.6. The molecule has 1 N–H and O–H groups in total. The summed E-state index contributed by atoms with van der Waals surface area (Å²) in [5.74, 6) is -0.168. The zero-order valence-electron chi connectivity index (χ0n) is 18.2. The minimum absolute atomic E-state index is 0.0530. The number of carbonyl (C=O) groups is 1. The normalized spacial score (nSPS) is 14.2. The summed E-state index contributed by atoms with van der Waals surface area (Å²) in [6.07, 6.45) is 7.60. The van der Waals surface area contributed by atoms with Crippen LogP contribution in [0.3, 0.4) is 0 Å². The van der Waals surface area contributed by atoms with Crippen LogP contribution in [0.2, 0.25) is 5.02 Å². The number of hydrogen-bond donors (Lipinski definition) is 1. The van der Waals surface area contributed by atoms with Crippen LogP contribution >= 0.6 is 11.6 Å². The van der Waals surface area contributed by atoms with E-state index in [2.05, 4.69) is 11.4 Å². The van der Waals surface area contributed by atoms with Crippen LogP contribution in [0.15, 0.2) is 65.1 Å². The van der Waals surface area contributed by atoms with Crippen molar-refractivity contribution < 1.29 is 17.9 Å². The van der Waals surface area contributed by atoms with Crippen LogP contribution in [0, 0.1) is 0 Å². The molecular weight excluding hydrogens is 448 g/mol. The molecule has 0 atom stereocenters. The summed E-state index contributed by atoms with van der Waals surface area (Å²) in [5.41, 5.74) is 2.13. The molecular formula is C24H29ClN2O4S. The molecule has 0 saturated heterocycles. The zero-order chi connectivity index (χ0) is 23.0. The van der Waals surface area contributed by atoms with Crippen molar-refractivity contribution in [3.05, 3.63) is 70.8 Å². The third-order valence-electron chi connectivity index (χ3n) is 5.42. The molecule has 0 bridgehead atoms. The molecule has 1 amide bonds. The summed E-state index contributed by atoms with van der Waals surface area (Å²) in [6.45, 7) is 0.244. The van der Waals surface area contributed by atoms with E-state index in [1.54, 1.807) is 6.07 Å². The first-order valence-electron chi connectivity index (χ1n) is 10.7. The lowest BCUT2D eigenvalue weighted by Crippen LogP contribution is -2.40. The first kappa shape index (κ1) is 24.3. The number of carbonyl (C=O) groups excluding carboxylic acids is 1. The smallest absolute Gasteiger partial charge is 0.247 e. The fourth-order valence-electron chi connectivity index (χ4n) is 3.71. The predicted molar refractivity (Wildman–Crippen MR) is 126 cm³/mol. The fourth-order valence-corrected chi connectivity index (χ4v) is 5.52. The van der Waals surface area contributed by atoms with E-state index in [1.807, 2.05) is 30.3 Å². The van der Waals surface area contributed by atoms with Crippen molar-refractivity contribution in [2.24, 2.45) is 0 Å². The Morgan fingerprint density at radius 2 is 1.94 bits per heavy atom. The number of benzene rings is 2. The lowest BCUT2D eigenvalue weighted by Gasteiger charge is -2.23. The molecule has 0 aromatic heterocycles. The van der Waals surface area contributed by atoms with E-state index in [9.17, 15) is 13.2 Å². The molecule has 8 heteroatoms. The summed E-state index contributed by atoms with van der Waals surface area (Å²) < 4.78 is 33.5. The van der Waals surface area contributed by atoms with Gasteiger partial charge in [-0.25, -0.2) is 8.42 Å². The number of hydrogen-bond acceptors (Lipinski definition) is 4. The van der Waals surface area contributed by atoms with Gasteiger partial charge >= 0.3 is 0 Å². The van der Waals surface area contributed by atoms with Crippen LogP contribution in [0.4, 0.5) is 0 Å². The molecule has 0 unspecified atom stereocenters. The molecule has 0 heterocycles. The molecule has 6 nitrogen and oxygen atoms in total. The Hall–Kier alpha value is -2.35. The van der Waals surface area contributed by atoms with Gasteiger partial charge in [0, 0.05) is 18.1 Å². The lowest BCUT2D eigenvalue weighted by molar-refractivity contribution is -0.121. The average molecular weight is 477 g/mol. The topological polar surface area (TPSA) is 75.7 Å².